The number of carbonyl (C=O) groups is 4. The standard InChI is InChI=1S/C50H63FN6O6/c1-35-15-10-11-20-42(35)48(50(62)52-38-17-8-7-9-18-38)56(39-19-14-16-37(51)32-39)47(60)34-55-28-26-54(27-29-55)25-12-5-3-4-6-13-30-63-40-21-22-41-36(2)31-46(59)57(44(41)33-40)43-23-24-45(58)53-49(43)61/h10-11,14-16,19-22,31-33,38,43,48H,3-9,12-13,17-18,23-30,34H2,1-2H3,(H,52,62)(H,53,58,61). The van der Waals surface area contributed by atoms with Gasteiger partial charge in [-0.25, -0.2) is 4.39 Å². The number of halogens is 1. The number of nitrogens with one attached hydrogen (secondary N) is 2. The van der Waals surface area contributed by atoms with Crippen molar-refractivity contribution < 1.29 is 28.3 Å². The first kappa shape index (κ1) is 45.6. The molecule has 3 aromatic carbocycles. The summed E-state index contributed by atoms with van der Waals surface area (Å²) in [6, 6.07) is 19.2. The Balaban J connectivity index is 0.850. The lowest BCUT2D eigenvalue weighted by atomic mass is 9.93. The van der Waals surface area contributed by atoms with E-state index in [1.807, 2.05) is 56.3 Å². The van der Waals surface area contributed by atoms with Gasteiger partial charge in [-0.1, -0.05) is 75.3 Å². The molecule has 2 saturated heterocycles. The van der Waals surface area contributed by atoms with Crippen LogP contribution in [0.5, 0.6) is 5.75 Å². The summed E-state index contributed by atoms with van der Waals surface area (Å²) >= 11 is 0. The molecule has 0 radical (unpaired) electrons. The first-order valence-corrected chi connectivity index (χ1v) is 23.1. The Morgan fingerprint density at radius 1 is 0.810 bits per heavy atom. The van der Waals surface area contributed by atoms with Crippen LogP contribution < -0.4 is 25.8 Å². The number of hydrogen-bond donors (Lipinski definition) is 2. The van der Waals surface area contributed by atoms with E-state index < -0.39 is 23.8 Å². The highest BCUT2D eigenvalue weighted by molar-refractivity contribution is 6.02. The largest absolute Gasteiger partial charge is 0.494 e. The Morgan fingerprint density at radius 3 is 2.29 bits per heavy atom. The van der Waals surface area contributed by atoms with Crippen LogP contribution in [-0.4, -0.2) is 89.9 Å². The molecular weight excluding hydrogens is 800 g/mol. The molecule has 63 heavy (non-hydrogen) atoms. The molecule has 4 amide bonds. The molecule has 336 valence electrons. The Bertz CT molecular complexity index is 2300. The van der Waals surface area contributed by atoms with Crippen LogP contribution in [0, 0.1) is 19.7 Å². The van der Waals surface area contributed by atoms with E-state index >= 15 is 0 Å². The molecule has 3 fully saturated rings. The summed E-state index contributed by atoms with van der Waals surface area (Å²) in [5.41, 5.74) is 3.19. The van der Waals surface area contributed by atoms with Crippen LogP contribution in [0.3, 0.4) is 0 Å². The fourth-order valence-corrected chi connectivity index (χ4v) is 9.49. The van der Waals surface area contributed by atoms with E-state index in [-0.39, 0.29) is 48.7 Å². The predicted molar refractivity (Wildman–Crippen MR) is 243 cm³/mol. The van der Waals surface area contributed by atoms with Gasteiger partial charge in [0.25, 0.3) is 5.56 Å². The van der Waals surface area contributed by atoms with Gasteiger partial charge in [-0.3, -0.25) is 43.7 Å². The molecule has 1 saturated carbocycles. The van der Waals surface area contributed by atoms with Crippen LogP contribution >= 0.6 is 0 Å². The molecular formula is C50H63FN6O6. The number of rotatable bonds is 18. The molecule has 1 aliphatic carbocycles. The maximum absolute atomic E-state index is 14.7. The molecule has 2 atom stereocenters. The minimum absolute atomic E-state index is 0.0589. The summed E-state index contributed by atoms with van der Waals surface area (Å²) < 4.78 is 22.3. The van der Waals surface area contributed by atoms with Gasteiger partial charge in [-0.2, -0.15) is 0 Å². The van der Waals surface area contributed by atoms with E-state index in [9.17, 15) is 28.4 Å². The third-order valence-corrected chi connectivity index (χ3v) is 13.0. The lowest BCUT2D eigenvalue weighted by Gasteiger charge is -2.38. The van der Waals surface area contributed by atoms with Crippen LogP contribution in [0.25, 0.3) is 10.9 Å². The molecule has 4 aromatic rings. The van der Waals surface area contributed by atoms with Gasteiger partial charge in [-0.15, -0.1) is 0 Å². The van der Waals surface area contributed by atoms with Gasteiger partial charge in [0.2, 0.25) is 23.6 Å². The Hall–Kier alpha value is -5.40. The first-order valence-electron chi connectivity index (χ1n) is 23.1. The van der Waals surface area contributed by atoms with Gasteiger partial charge >= 0.3 is 0 Å². The number of benzene rings is 3. The topological polar surface area (TPSA) is 133 Å². The summed E-state index contributed by atoms with van der Waals surface area (Å²) in [5.74, 6) is -1.04. The number of imide groups is 1. The molecule has 2 N–H and O–H groups in total. The molecule has 1 aromatic heterocycles. The summed E-state index contributed by atoms with van der Waals surface area (Å²) in [4.78, 5) is 72.2. The molecule has 0 spiro atoms. The molecule has 2 unspecified atom stereocenters. The molecule has 7 rings (SSSR count). The second-order valence-corrected chi connectivity index (χ2v) is 17.6. The number of nitrogens with zero attached hydrogens (tertiary/aromatic N) is 4. The monoisotopic (exact) mass is 862 g/mol. The fraction of sp³-hybridized carbons (Fsp3) is 0.500. The highest BCUT2D eigenvalue weighted by atomic mass is 19.1. The minimum atomic E-state index is -0.930. The Morgan fingerprint density at radius 2 is 1.54 bits per heavy atom. The zero-order chi connectivity index (χ0) is 44.3. The van der Waals surface area contributed by atoms with Crippen molar-refractivity contribution in [3.63, 3.8) is 0 Å². The highest BCUT2D eigenvalue weighted by Gasteiger charge is 2.36. The third kappa shape index (κ3) is 11.8. The van der Waals surface area contributed by atoms with Crippen molar-refractivity contribution in [3.05, 3.63) is 106 Å². The normalized spacial score (nSPS) is 18.2. The van der Waals surface area contributed by atoms with Crippen LogP contribution in [0.4, 0.5) is 10.1 Å². The summed E-state index contributed by atoms with van der Waals surface area (Å²) in [6.45, 7) is 8.69. The van der Waals surface area contributed by atoms with Crippen molar-refractivity contribution >= 4 is 40.2 Å². The summed E-state index contributed by atoms with van der Waals surface area (Å²) in [6.07, 6.45) is 12.0. The quantitative estimate of drug-likeness (QED) is 0.0788. The molecule has 3 heterocycles. The third-order valence-electron chi connectivity index (χ3n) is 13.0. The maximum atomic E-state index is 14.7. The van der Waals surface area contributed by atoms with E-state index in [1.54, 1.807) is 12.1 Å². The number of amides is 4. The van der Waals surface area contributed by atoms with Gasteiger partial charge in [0.15, 0.2) is 0 Å². The lowest BCUT2D eigenvalue weighted by molar-refractivity contribution is -0.135. The number of fused-ring (bicyclic) bond motifs is 1. The van der Waals surface area contributed by atoms with Crippen molar-refractivity contribution in [1.82, 2.24) is 25.0 Å². The summed E-state index contributed by atoms with van der Waals surface area (Å²) in [5, 5.41) is 6.50. The van der Waals surface area contributed by atoms with Crippen LogP contribution in [0.2, 0.25) is 0 Å². The second kappa shape index (κ2) is 21.8. The average molecular weight is 863 g/mol. The lowest BCUT2D eigenvalue weighted by Crippen LogP contribution is -2.53. The number of pyridine rings is 1. The average Bonchev–Trinajstić information content (AvgIpc) is 3.26. The number of piperazine rings is 1. The number of anilines is 1. The fourth-order valence-electron chi connectivity index (χ4n) is 9.49. The number of piperidine rings is 1. The van der Waals surface area contributed by atoms with Crippen molar-refractivity contribution in [1.29, 1.82) is 0 Å². The van der Waals surface area contributed by atoms with E-state index in [0.29, 0.717) is 23.6 Å². The van der Waals surface area contributed by atoms with Crippen molar-refractivity contribution in [2.45, 2.75) is 115 Å². The van der Waals surface area contributed by atoms with E-state index in [2.05, 4.69) is 20.4 Å². The molecule has 13 heteroatoms. The summed E-state index contributed by atoms with van der Waals surface area (Å²) in [7, 11) is 0. The second-order valence-electron chi connectivity index (χ2n) is 17.6. The first-order chi connectivity index (χ1) is 30.5. The Kier molecular flexibility index (Phi) is 15.8. The van der Waals surface area contributed by atoms with Gasteiger partial charge < -0.3 is 15.0 Å². The number of ether oxygens (including phenoxy) is 1. The SMILES string of the molecule is Cc1ccccc1C(C(=O)NC1CCCCC1)N(C(=O)CN1CCN(CCCCCCCCOc2ccc3c(C)cc(=O)n(C4CCC(=O)NC4=O)c3c2)CC1)c1cccc(F)c1. The minimum Gasteiger partial charge on any atom is -0.494 e. The number of carbonyl (C=O) groups excluding carboxylic acids is 4. The van der Waals surface area contributed by atoms with E-state index in [0.717, 1.165) is 125 Å². The van der Waals surface area contributed by atoms with Gasteiger partial charge in [0.1, 0.15) is 23.7 Å². The van der Waals surface area contributed by atoms with Gasteiger partial charge in [-0.05, 0) is 99.5 Å². The smallest absolute Gasteiger partial charge is 0.252 e. The molecule has 3 aliphatic rings. The number of unbranched alkanes of at least 4 members (excludes halogenated alkanes) is 5. The number of aromatic nitrogens is 1. The van der Waals surface area contributed by atoms with Crippen LogP contribution in [0.1, 0.15) is 112 Å². The van der Waals surface area contributed by atoms with Crippen molar-refractivity contribution in [3.8, 4) is 5.75 Å². The van der Waals surface area contributed by atoms with E-state index in [4.69, 9.17) is 4.74 Å². The van der Waals surface area contributed by atoms with Crippen LogP contribution in [-0.2, 0) is 19.2 Å². The van der Waals surface area contributed by atoms with Gasteiger partial charge in [0, 0.05) is 61.8 Å². The molecule has 0 bridgehead atoms. The van der Waals surface area contributed by atoms with Crippen molar-refractivity contribution in [2.75, 3.05) is 50.8 Å². The zero-order valence-corrected chi connectivity index (χ0v) is 36.9. The van der Waals surface area contributed by atoms with E-state index in [1.165, 1.54) is 27.7 Å². The Labute approximate surface area is 370 Å². The number of hydrogen-bond acceptors (Lipinski definition) is 8. The van der Waals surface area contributed by atoms with Crippen LogP contribution in [0.15, 0.2) is 77.6 Å². The van der Waals surface area contributed by atoms with Gasteiger partial charge in [0.05, 0.1) is 18.7 Å². The number of aryl methyl sites for hydroxylation is 2. The molecule has 12 nitrogen and oxygen atoms in total. The highest BCUT2D eigenvalue weighted by Crippen LogP contribution is 2.32. The zero-order valence-electron chi connectivity index (χ0n) is 36.9. The molecule has 2 aliphatic heterocycles. The van der Waals surface area contributed by atoms with Crippen molar-refractivity contribution in [2.24, 2.45) is 0 Å². The predicted octanol–water partition coefficient (Wildman–Crippen LogP) is 7.30. The maximum Gasteiger partial charge on any atom is 0.252 e.